The van der Waals surface area contributed by atoms with E-state index >= 15 is 0 Å². The second-order valence-electron chi connectivity index (χ2n) is 6.99. The molecule has 1 aromatic carbocycles. The molecule has 0 spiro atoms. The van der Waals surface area contributed by atoms with E-state index in [0.29, 0.717) is 11.3 Å². The summed E-state index contributed by atoms with van der Waals surface area (Å²) in [4.78, 5) is 0. The first-order chi connectivity index (χ1) is 10.7. The Bertz CT molecular complexity index is 610. The zero-order valence-corrected chi connectivity index (χ0v) is 15.0. The van der Waals surface area contributed by atoms with Crippen LogP contribution in [0.5, 0.6) is 0 Å². The summed E-state index contributed by atoms with van der Waals surface area (Å²) in [5.41, 5.74) is 7.13. The van der Waals surface area contributed by atoms with Gasteiger partial charge in [-0.1, -0.05) is 61.4 Å². The van der Waals surface area contributed by atoms with E-state index in [1.54, 1.807) is 28.5 Å². The molecule has 0 heterocycles. The Morgan fingerprint density at radius 2 is 1.95 bits per heavy atom. The maximum absolute atomic E-state index is 3.53. The van der Waals surface area contributed by atoms with E-state index < -0.39 is 0 Å². The van der Waals surface area contributed by atoms with Gasteiger partial charge in [-0.25, -0.2) is 0 Å². The topological polar surface area (TPSA) is 0 Å². The second kappa shape index (κ2) is 6.28. The summed E-state index contributed by atoms with van der Waals surface area (Å²) in [5.74, 6) is 1.49. The number of fused-ring (bicyclic) bond motifs is 5. The van der Waals surface area contributed by atoms with Gasteiger partial charge in [0.15, 0.2) is 0 Å². The first-order valence-electron chi connectivity index (χ1n) is 8.66. The molecule has 0 radical (unpaired) electrons. The molecule has 3 aliphatic carbocycles. The molecule has 4 rings (SSSR count). The molecule has 0 nitrogen and oxygen atoms in total. The number of hydrogen-bond donors (Lipinski definition) is 1. The molecular weight excluding hydrogens is 284 g/mol. The van der Waals surface area contributed by atoms with E-state index in [2.05, 4.69) is 62.9 Å². The van der Waals surface area contributed by atoms with Crippen LogP contribution in [-0.4, -0.2) is 6.26 Å². The third-order valence-electron chi connectivity index (χ3n) is 6.23. The fraction of sp³-hybridized carbons (Fsp3) is 0.524. The van der Waals surface area contributed by atoms with Gasteiger partial charge in [0.2, 0.25) is 0 Å². The van der Waals surface area contributed by atoms with Crippen molar-refractivity contribution in [2.75, 3.05) is 6.26 Å². The van der Waals surface area contributed by atoms with Crippen LogP contribution in [0.25, 0.3) is 0 Å². The van der Waals surface area contributed by atoms with Gasteiger partial charge in [0.1, 0.15) is 0 Å². The van der Waals surface area contributed by atoms with Gasteiger partial charge >= 0.3 is 0 Å². The molecule has 1 heteroatoms. The smallest absolute Gasteiger partial charge is 0.00546 e. The lowest BCUT2D eigenvalue weighted by atomic mass is 9.58. The van der Waals surface area contributed by atoms with Gasteiger partial charge in [-0.05, 0) is 60.8 Å². The Balaban J connectivity index is 0.000000693. The first kappa shape index (κ1) is 15.9. The molecule has 3 atom stereocenters. The van der Waals surface area contributed by atoms with E-state index in [9.17, 15) is 0 Å². The molecule has 0 saturated heterocycles. The minimum atomic E-state index is 0.462. The highest BCUT2D eigenvalue weighted by atomic mass is 32.1. The predicted molar refractivity (Wildman–Crippen MR) is 99.7 cm³/mol. The van der Waals surface area contributed by atoms with Crippen molar-refractivity contribution in [3.63, 3.8) is 0 Å². The molecule has 0 aliphatic heterocycles. The monoisotopic (exact) mass is 312 g/mol. The van der Waals surface area contributed by atoms with Gasteiger partial charge < -0.3 is 0 Å². The van der Waals surface area contributed by atoms with Gasteiger partial charge in [-0.15, -0.1) is 0 Å². The van der Waals surface area contributed by atoms with Gasteiger partial charge in [-0.2, -0.15) is 12.6 Å². The van der Waals surface area contributed by atoms with Gasteiger partial charge in [0.05, 0.1) is 0 Å². The summed E-state index contributed by atoms with van der Waals surface area (Å²) in [7, 11) is 0. The van der Waals surface area contributed by atoms with E-state index in [0.717, 1.165) is 12.3 Å². The van der Waals surface area contributed by atoms with E-state index in [-0.39, 0.29) is 0 Å². The third kappa shape index (κ3) is 2.29. The van der Waals surface area contributed by atoms with E-state index in [1.165, 1.54) is 25.7 Å². The van der Waals surface area contributed by atoms with Gasteiger partial charge in [0, 0.05) is 5.92 Å². The lowest BCUT2D eigenvalue weighted by Gasteiger charge is -2.46. The minimum absolute atomic E-state index is 0.462. The zero-order chi connectivity index (χ0) is 15.7. The Hall–Kier alpha value is -0.950. The van der Waals surface area contributed by atoms with Crippen molar-refractivity contribution >= 4 is 12.6 Å². The van der Waals surface area contributed by atoms with Crippen LogP contribution in [0, 0.1) is 11.3 Å². The molecule has 0 aromatic heterocycles. The average molecular weight is 313 g/mol. The number of benzene rings is 1. The highest BCUT2D eigenvalue weighted by Gasteiger charge is 2.48. The summed E-state index contributed by atoms with van der Waals surface area (Å²) in [6, 6.07) is 9.11. The van der Waals surface area contributed by atoms with Crippen molar-refractivity contribution in [1.82, 2.24) is 0 Å². The molecule has 1 aromatic rings. The zero-order valence-electron chi connectivity index (χ0n) is 14.1. The minimum Gasteiger partial charge on any atom is -0.183 e. The summed E-state index contributed by atoms with van der Waals surface area (Å²) < 4.78 is 0. The molecule has 0 amide bonds. The van der Waals surface area contributed by atoms with Gasteiger partial charge in [0.25, 0.3) is 0 Å². The standard InChI is InChI=1S/C20H24.CH4S/c1-3-15-9-11-19-18-10-8-14-6-4-5-7-16(14)17(18)12-13-20(15,19)2;1-2/h4-7,9-10,17,19H,3,8,11-13H2,1-2H3;2H,1H3. The summed E-state index contributed by atoms with van der Waals surface area (Å²) in [6.45, 7) is 4.85. The highest BCUT2D eigenvalue weighted by Crippen LogP contribution is 2.59. The van der Waals surface area contributed by atoms with Crippen molar-refractivity contribution in [3.05, 3.63) is 58.7 Å². The quantitative estimate of drug-likeness (QED) is 0.480. The van der Waals surface area contributed by atoms with E-state index in [4.69, 9.17) is 0 Å². The van der Waals surface area contributed by atoms with E-state index in [1.807, 2.05) is 0 Å². The Kier molecular flexibility index (Phi) is 4.54. The summed E-state index contributed by atoms with van der Waals surface area (Å²) >= 11 is 3.53. The van der Waals surface area contributed by atoms with Crippen molar-refractivity contribution in [3.8, 4) is 0 Å². The number of allylic oxidation sites excluding steroid dienone is 4. The lowest BCUT2D eigenvalue weighted by molar-refractivity contribution is 0.214. The number of hydrogen-bond acceptors (Lipinski definition) is 1. The number of rotatable bonds is 1. The Labute approximate surface area is 141 Å². The average Bonchev–Trinajstić information content (AvgIpc) is 2.93. The lowest BCUT2D eigenvalue weighted by Crippen LogP contribution is -2.35. The Morgan fingerprint density at radius 1 is 1.18 bits per heavy atom. The van der Waals surface area contributed by atoms with Crippen LogP contribution in [0.2, 0.25) is 0 Å². The summed E-state index contributed by atoms with van der Waals surface area (Å²) in [5, 5.41) is 0. The molecule has 3 unspecified atom stereocenters. The Morgan fingerprint density at radius 3 is 2.73 bits per heavy atom. The SMILES string of the molecule is CCC1=CCC2C3=CCc4ccccc4C3CCC12C.CS. The largest absolute Gasteiger partial charge is 0.183 e. The third-order valence-corrected chi connectivity index (χ3v) is 6.23. The van der Waals surface area contributed by atoms with Crippen LogP contribution in [0.4, 0.5) is 0 Å². The fourth-order valence-electron chi connectivity index (χ4n) is 5.13. The van der Waals surface area contributed by atoms with Crippen molar-refractivity contribution < 1.29 is 0 Å². The van der Waals surface area contributed by atoms with Crippen molar-refractivity contribution in [2.45, 2.75) is 51.9 Å². The first-order valence-corrected chi connectivity index (χ1v) is 9.55. The maximum atomic E-state index is 3.53. The summed E-state index contributed by atoms with van der Waals surface area (Å²) in [6.07, 6.45) is 13.2. The molecule has 3 aliphatic rings. The van der Waals surface area contributed by atoms with Crippen LogP contribution in [0.1, 0.15) is 56.6 Å². The molecule has 22 heavy (non-hydrogen) atoms. The van der Waals surface area contributed by atoms with Crippen molar-refractivity contribution in [2.24, 2.45) is 11.3 Å². The fourth-order valence-corrected chi connectivity index (χ4v) is 5.13. The molecule has 0 N–H and O–H groups in total. The molecular formula is C21H28S. The molecule has 118 valence electrons. The maximum Gasteiger partial charge on any atom is 0.00546 e. The highest BCUT2D eigenvalue weighted by molar-refractivity contribution is 7.79. The van der Waals surface area contributed by atoms with Crippen LogP contribution >= 0.6 is 12.6 Å². The number of thiol groups is 1. The predicted octanol–water partition coefficient (Wildman–Crippen LogP) is 5.96. The van der Waals surface area contributed by atoms with Crippen LogP contribution in [-0.2, 0) is 6.42 Å². The van der Waals surface area contributed by atoms with Crippen molar-refractivity contribution in [1.29, 1.82) is 0 Å². The molecule has 0 bridgehead atoms. The van der Waals surface area contributed by atoms with Crippen LogP contribution in [0.3, 0.4) is 0 Å². The molecule has 1 saturated carbocycles. The van der Waals surface area contributed by atoms with Crippen LogP contribution in [0.15, 0.2) is 47.6 Å². The van der Waals surface area contributed by atoms with Crippen LogP contribution < -0.4 is 0 Å². The second-order valence-corrected chi connectivity index (χ2v) is 6.99. The molecule has 1 fully saturated rings. The van der Waals surface area contributed by atoms with Gasteiger partial charge in [-0.3, -0.25) is 0 Å². The normalized spacial score (nSPS) is 31.8.